The van der Waals surface area contributed by atoms with Crippen molar-refractivity contribution < 1.29 is 18.3 Å². The molecule has 3 aromatic rings. The molecule has 1 unspecified atom stereocenters. The van der Waals surface area contributed by atoms with Crippen molar-refractivity contribution in [1.82, 2.24) is 4.31 Å². The lowest BCUT2D eigenvalue weighted by Gasteiger charge is -2.31. The van der Waals surface area contributed by atoms with Crippen molar-refractivity contribution in [2.75, 3.05) is 0 Å². The number of rotatable bonds is 8. The molecule has 1 N–H and O–H groups in total. The molecule has 162 valence electrons. The van der Waals surface area contributed by atoms with Crippen LogP contribution in [0.25, 0.3) is 0 Å². The van der Waals surface area contributed by atoms with Crippen LogP contribution in [-0.4, -0.2) is 23.8 Å². The topological polar surface area (TPSA) is 74.7 Å². The number of carboxylic acids is 1. The zero-order chi connectivity index (χ0) is 22.6. The minimum Gasteiger partial charge on any atom is -0.478 e. The van der Waals surface area contributed by atoms with Crippen LogP contribution < -0.4 is 0 Å². The first kappa shape index (κ1) is 23.3. The van der Waals surface area contributed by atoms with Crippen LogP contribution in [0.1, 0.15) is 40.9 Å². The van der Waals surface area contributed by atoms with Crippen LogP contribution >= 0.6 is 23.2 Å². The Hall–Kier alpha value is -2.38. The molecule has 0 heterocycles. The van der Waals surface area contributed by atoms with E-state index in [1.165, 1.54) is 40.7 Å². The Kier molecular flexibility index (Phi) is 7.38. The lowest BCUT2D eigenvalue weighted by Crippen LogP contribution is -2.34. The minimum atomic E-state index is -3.89. The molecule has 1 atom stereocenters. The zero-order valence-electron chi connectivity index (χ0n) is 16.7. The molecular formula is C23H21Cl2NO4S. The van der Waals surface area contributed by atoms with Gasteiger partial charge in [-0.3, -0.25) is 0 Å². The van der Waals surface area contributed by atoms with Gasteiger partial charge in [0.05, 0.1) is 16.5 Å². The quantitative estimate of drug-likeness (QED) is 0.429. The Labute approximate surface area is 191 Å². The van der Waals surface area contributed by atoms with E-state index < -0.39 is 22.0 Å². The number of benzene rings is 3. The van der Waals surface area contributed by atoms with Gasteiger partial charge in [0, 0.05) is 16.6 Å². The van der Waals surface area contributed by atoms with E-state index in [0.717, 1.165) is 5.56 Å². The molecular weight excluding hydrogens is 457 g/mol. The van der Waals surface area contributed by atoms with E-state index in [4.69, 9.17) is 28.3 Å². The first-order chi connectivity index (χ1) is 14.7. The Morgan fingerprint density at radius 1 is 0.903 bits per heavy atom. The SMILES string of the molecule is CCC(c1ccc(Cl)cc1)N(Cc1ccc(C(=O)O)cc1)S(=O)(=O)c1ccc(Cl)cc1. The van der Waals surface area contributed by atoms with E-state index in [0.29, 0.717) is 22.0 Å². The van der Waals surface area contributed by atoms with Crippen molar-refractivity contribution in [3.8, 4) is 0 Å². The van der Waals surface area contributed by atoms with E-state index in [-0.39, 0.29) is 17.0 Å². The van der Waals surface area contributed by atoms with E-state index in [1.807, 2.05) is 19.1 Å². The first-order valence-corrected chi connectivity index (χ1v) is 11.8. The molecule has 0 aliphatic rings. The Balaban J connectivity index is 2.06. The van der Waals surface area contributed by atoms with Gasteiger partial charge in [-0.05, 0) is 66.1 Å². The molecule has 0 spiro atoms. The second-order valence-corrected chi connectivity index (χ2v) is 9.75. The third-order valence-corrected chi connectivity index (χ3v) is 7.32. The Bertz CT molecular complexity index is 1150. The Morgan fingerprint density at radius 3 is 1.90 bits per heavy atom. The number of aromatic carboxylic acids is 1. The van der Waals surface area contributed by atoms with Crippen LogP contribution in [0.5, 0.6) is 0 Å². The second kappa shape index (κ2) is 9.83. The summed E-state index contributed by atoms with van der Waals surface area (Å²) in [4.78, 5) is 11.3. The summed E-state index contributed by atoms with van der Waals surface area (Å²) >= 11 is 12.0. The molecule has 0 saturated carbocycles. The summed E-state index contributed by atoms with van der Waals surface area (Å²) < 4.78 is 28.7. The van der Waals surface area contributed by atoms with Gasteiger partial charge in [-0.25, -0.2) is 13.2 Å². The molecule has 0 aliphatic heterocycles. The first-order valence-electron chi connectivity index (χ1n) is 9.57. The number of sulfonamides is 1. The summed E-state index contributed by atoms with van der Waals surface area (Å²) in [5.74, 6) is -1.04. The molecule has 8 heteroatoms. The van der Waals surface area contributed by atoms with E-state index in [2.05, 4.69) is 0 Å². The van der Waals surface area contributed by atoms with Crippen molar-refractivity contribution >= 4 is 39.2 Å². The molecule has 0 saturated heterocycles. The highest BCUT2D eigenvalue weighted by Crippen LogP contribution is 2.33. The van der Waals surface area contributed by atoms with Crippen LogP contribution in [0.4, 0.5) is 0 Å². The molecule has 3 aromatic carbocycles. The van der Waals surface area contributed by atoms with Gasteiger partial charge in [0.15, 0.2) is 0 Å². The van der Waals surface area contributed by atoms with Crippen LogP contribution in [0.3, 0.4) is 0 Å². The molecule has 0 radical (unpaired) electrons. The fourth-order valence-corrected chi connectivity index (χ4v) is 5.26. The van der Waals surface area contributed by atoms with Crippen molar-refractivity contribution in [2.45, 2.75) is 30.8 Å². The van der Waals surface area contributed by atoms with E-state index in [9.17, 15) is 13.2 Å². The van der Waals surface area contributed by atoms with Gasteiger partial charge >= 0.3 is 5.97 Å². The number of nitrogens with zero attached hydrogens (tertiary/aromatic N) is 1. The fraction of sp³-hybridized carbons (Fsp3) is 0.174. The predicted molar refractivity (Wildman–Crippen MR) is 122 cm³/mol. The molecule has 0 aliphatic carbocycles. The number of hydrogen-bond acceptors (Lipinski definition) is 3. The number of carboxylic acid groups (broad SMARTS) is 1. The summed E-state index contributed by atoms with van der Waals surface area (Å²) in [6.07, 6.45) is 0.529. The molecule has 0 amide bonds. The van der Waals surface area contributed by atoms with Gasteiger partial charge in [-0.1, -0.05) is 54.4 Å². The maximum Gasteiger partial charge on any atom is 0.335 e. The predicted octanol–water partition coefficient (Wildman–Crippen LogP) is 6.03. The smallest absolute Gasteiger partial charge is 0.335 e. The maximum atomic E-state index is 13.6. The number of carbonyl (C=O) groups is 1. The molecule has 0 fully saturated rings. The van der Waals surface area contributed by atoms with Crippen molar-refractivity contribution in [3.05, 3.63) is 99.5 Å². The van der Waals surface area contributed by atoms with Crippen LogP contribution in [0, 0.1) is 0 Å². The van der Waals surface area contributed by atoms with Gasteiger partial charge in [-0.15, -0.1) is 0 Å². The van der Waals surface area contributed by atoms with Gasteiger partial charge in [-0.2, -0.15) is 4.31 Å². The fourth-order valence-electron chi connectivity index (χ4n) is 3.33. The number of halogens is 2. The van der Waals surface area contributed by atoms with E-state index in [1.54, 1.807) is 24.3 Å². The summed E-state index contributed by atoms with van der Waals surface area (Å²) in [6, 6.07) is 18.9. The third kappa shape index (κ3) is 5.46. The van der Waals surface area contributed by atoms with Crippen LogP contribution in [0.15, 0.2) is 77.7 Å². The molecule has 31 heavy (non-hydrogen) atoms. The van der Waals surface area contributed by atoms with Crippen LogP contribution in [0.2, 0.25) is 10.0 Å². The highest BCUT2D eigenvalue weighted by Gasteiger charge is 2.32. The van der Waals surface area contributed by atoms with Crippen molar-refractivity contribution in [1.29, 1.82) is 0 Å². The summed E-state index contributed by atoms with van der Waals surface area (Å²) in [5, 5.41) is 10.1. The van der Waals surface area contributed by atoms with E-state index >= 15 is 0 Å². The summed E-state index contributed by atoms with van der Waals surface area (Å²) in [7, 11) is -3.89. The average molecular weight is 478 g/mol. The Morgan fingerprint density at radius 2 is 1.42 bits per heavy atom. The molecule has 0 bridgehead atoms. The molecule has 5 nitrogen and oxygen atoms in total. The van der Waals surface area contributed by atoms with Gasteiger partial charge in [0.2, 0.25) is 10.0 Å². The highest BCUT2D eigenvalue weighted by atomic mass is 35.5. The van der Waals surface area contributed by atoms with Crippen molar-refractivity contribution in [2.24, 2.45) is 0 Å². The average Bonchev–Trinajstić information content (AvgIpc) is 2.75. The van der Waals surface area contributed by atoms with Crippen molar-refractivity contribution in [3.63, 3.8) is 0 Å². The lowest BCUT2D eigenvalue weighted by molar-refractivity contribution is 0.0697. The number of hydrogen-bond donors (Lipinski definition) is 1. The largest absolute Gasteiger partial charge is 0.478 e. The monoisotopic (exact) mass is 477 g/mol. The third-order valence-electron chi connectivity index (χ3n) is 4.95. The zero-order valence-corrected chi connectivity index (χ0v) is 19.0. The molecule has 3 rings (SSSR count). The lowest BCUT2D eigenvalue weighted by atomic mass is 10.0. The maximum absolute atomic E-state index is 13.6. The second-order valence-electron chi connectivity index (χ2n) is 6.98. The summed E-state index contributed by atoms with van der Waals surface area (Å²) in [6.45, 7) is 1.99. The van der Waals surface area contributed by atoms with Crippen LogP contribution in [-0.2, 0) is 16.6 Å². The highest BCUT2D eigenvalue weighted by molar-refractivity contribution is 7.89. The normalized spacial score (nSPS) is 12.6. The standard InChI is InChI=1S/C23H21Cl2NO4S/c1-2-22(17-7-9-19(24)10-8-17)26(15-16-3-5-18(6-4-16)23(27)28)31(29,30)21-13-11-20(25)12-14-21/h3-14,22H,2,15H2,1H3,(H,27,28). The minimum absolute atomic E-state index is 0.0754. The summed E-state index contributed by atoms with van der Waals surface area (Å²) in [5.41, 5.74) is 1.63. The molecule has 0 aromatic heterocycles. The van der Waals surface area contributed by atoms with Gasteiger partial charge in [0.1, 0.15) is 0 Å². The van der Waals surface area contributed by atoms with Gasteiger partial charge in [0.25, 0.3) is 0 Å². The van der Waals surface area contributed by atoms with Gasteiger partial charge < -0.3 is 5.11 Å².